The predicted molar refractivity (Wildman–Crippen MR) is 66.7 cm³/mol. The van der Waals surface area contributed by atoms with Crippen LogP contribution in [-0.4, -0.2) is 23.6 Å². The summed E-state index contributed by atoms with van der Waals surface area (Å²) >= 11 is 0. The fourth-order valence-electron chi connectivity index (χ4n) is 1.70. The van der Waals surface area contributed by atoms with Crippen LogP contribution in [-0.2, 0) is 37.4 Å². The number of rotatable bonds is 2. The second kappa shape index (κ2) is 12.8. The van der Waals surface area contributed by atoms with Gasteiger partial charge in [-0.1, -0.05) is 19.8 Å². The molecular weight excluding hydrogens is 291 g/mol. The van der Waals surface area contributed by atoms with Gasteiger partial charge in [-0.15, -0.1) is 0 Å². The summed E-state index contributed by atoms with van der Waals surface area (Å²) in [4.78, 5) is 12.8. The Morgan fingerprint density at radius 1 is 1.47 bits per heavy atom. The maximum atomic E-state index is 11.0. The molecule has 1 atom stereocenters. The molecule has 0 aliphatic carbocycles. The maximum absolute atomic E-state index is 11.0. The van der Waals surface area contributed by atoms with E-state index in [1.807, 2.05) is 6.92 Å². The van der Waals surface area contributed by atoms with Crippen LogP contribution in [0.25, 0.3) is 0 Å². The Balaban J connectivity index is 0. The van der Waals surface area contributed by atoms with Crippen molar-refractivity contribution in [1.82, 2.24) is 4.90 Å². The number of carbonyl (C=O) groups excluding carboxylic acids is 1. The monoisotopic (exact) mass is 316 g/mol. The molecule has 1 rings (SSSR count). The number of amides is 1. The SMILES string of the molecule is [CH2-]CCCC.[CH2-]OC(=O)N1CCCCC1C.[Y+3]. The van der Waals surface area contributed by atoms with Gasteiger partial charge in [0.1, 0.15) is 0 Å². The summed E-state index contributed by atoms with van der Waals surface area (Å²) in [7, 11) is 3.10. The number of hydrogen-bond donors (Lipinski definition) is 0. The van der Waals surface area contributed by atoms with Crippen molar-refractivity contribution in [2.24, 2.45) is 0 Å². The largest absolute Gasteiger partial charge is 3.00 e. The molecule has 1 fully saturated rings. The van der Waals surface area contributed by atoms with Gasteiger partial charge in [0.15, 0.2) is 0 Å². The van der Waals surface area contributed by atoms with Crippen LogP contribution in [0.3, 0.4) is 0 Å². The summed E-state index contributed by atoms with van der Waals surface area (Å²) in [6.07, 6.45) is 6.73. The summed E-state index contributed by atoms with van der Waals surface area (Å²) in [5, 5.41) is 0. The van der Waals surface area contributed by atoms with Gasteiger partial charge in [-0.25, -0.2) is 4.79 Å². The fourth-order valence-corrected chi connectivity index (χ4v) is 1.70. The first-order valence-corrected chi connectivity index (χ1v) is 6.19. The zero-order valence-corrected chi connectivity index (χ0v) is 14.1. The third kappa shape index (κ3) is 9.01. The van der Waals surface area contributed by atoms with Gasteiger partial charge in [-0.2, -0.15) is 13.5 Å². The molecule has 0 aromatic carbocycles. The Hall–Kier alpha value is 0.374. The van der Waals surface area contributed by atoms with Crippen LogP contribution in [0.15, 0.2) is 0 Å². The first kappa shape index (κ1) is 19.7. The van der Waals surface area contributed by atoms with Crippen LogP contribution >= 0.6 is 0 Å². The normalized spacial score (nSPS) is 18.6. The van der Waals surface area contributed by atoms with Crippen molar-refractivity contribution in [2.45, 2.75) is 58.4 Å². The van der Waals surface area contributed by atoms with Gasteiger partial charge in [0.05, 0.1) is 0 Å². The van der Waals surface area contributed by atoms with Crippen molar-refractivity contribution in [1.29, 1.82) is 0 Å². The van der Waals surface area contributed by atoms with E-state index in [0.717, 1.165) is 25.8 Å². The van der Waals surface area contributed by atoms with E-state index in [1.54, 1.807) is 4.90 Å². The second-order valence-corrected chi connectivity index (χ2v) is 4.16. The smallest absolute Gasteiger partial charge is 0.624 e. The number of likely N-dealkylation sites (tertiary alicyclic amines) is 1. The Morgan fingerprint density at radius 3 is 2.47 bits per heavy atom. The van der Waals surface area contributed by atoms with Crippen LogP contribution in [0.4, 0.5) is 4.79 Å². The van der Waals surface area contributed by atoms with E-state index in [9.17, 15) is 4.79 Å². The minimum Gasteiger partial charge on any atom is -0.624 e. The number of unbranched alkanes of at least 4 members (excludes halogenated alkanes) is 2. The molecule has 0 saturated carbocycles. The summed E-state index contributed by atoms with van der Waals surface area (Å²) in [5.74, 6) is 0. The van der Waals surface area contributed by atoms with E-state index in [1.165, 1.54) is 19.3 Å². The molecular formula is C13H25NO2Y+. The number of nitrogens with zero attached hydrogens (tertiary/aromatic N) is 1. The van der Waals surface area contributed by atoms with Gasteiger partial charge >= 0.3 is 38.8 Å². The molecule has 1 saturated heterocycles. The molecule has 1 aliphatic rings. The van der Waals surface area contributed by atoms with Gasteiger partial charge in [-0.05, 0) is 26.2 Å². The molecule has 0 radical (unpaired) electrons. The van der Waals surface area contributed by atoms with Crippen molar-refractivity contribution >= 4 is 6.09 Å². The van der Waals surface area contributed by atoms with Crippen LogP contribution in [0.2, 0.25) is 0 Å². The van der Waals surface area contributed by atoms with Crippen molar-refractivity contribution in [3.8, 4) is 0 Å². The number of ether oxygens (including phenoxy) is 1. The molecule has 0 spiro atoms. The number of carbonyl (C=O) groups is 1. The summed E-state index contributed by atoms with van der Waals surface area (Å²) in [5.41, 5.74) is 0. The summed E-state index contributed by atoms with van der Waals surface area (Å²) in [6, 6.07) is 0.318. The standard InChI is InChI=1S/C8H14NO2.C5H11.Y/c1-7-5-3-4-6-9(7)8(10)11-2;1-3-5-4-2;/h7H,2-6H2,1H3;1,3-5H2,2H3;/q2*-1;+3. The van der Waals surface area contributed by atoms with E-state index in [0.29, 0.717) is 6.04 Å². The van der Waals surface area contributed by atoms with Crippen LogP contribution in [0.5, 0.6) is 0 Å². The molecule has 0 aromatic rings. The molecule has 17 heavy (non-hydrogen) atoms. The topological polar surface area (TPSA) is 29.5 Å². The van der Waals surface area contributed by atoms with Gasteiger partial charge in [0, 0.05) is 12.6 Å². The van der Waals surface area contributed by atoms with E-state index in [-0.39, 0.29) is 38.8 Å². The van der Waals surface area contributed by atoms with E-state index in [2.05, 4.69) is 25.7 Å². The maximum Gasteiger partial charge on any atom is 3.00 e. The number of hydrogen-bond acceptors (Lipinski definition) is 2. The molecule has 1 amide bonds. The van der Waals surface area contributed by atoms with Gasteiger partial charge in [-0.3, -0.25) is 0 Å². The fraction of sp³-hybridized carbons (Fsp3) is 0.769. The van der Waals surface area contributed by atoms with E-state index < -0.39 is 0 Å². The molecule has 3 nitrogen and oxygen atoms in total. The molecule has 1 unspecified atom stereocenters. The summed E-state index contributed by atoms with van der Waals surface area (Å²) in [6.45, 7) is 8.70. The molecule has 96 valence electrons. The predicted octanol–water partition coefficient (Wildman–Crippen LogP) is 3.80. The average Bonchev–Trinajstić information content (AvgIpc) is 2.31. The first-order valence-electron chi connectivity index (χ1n) is 6.19. The van der Waals surface area contributed by atoms with Crippen molar-refractivity contribution in [2.75, 3.05) is 6.54 Å². The Kier molecular flexibility index (Phi) is 14.9. The Bertz CT molecular complexity index is 186. The minimum absolute atomic E-state index is 0. The molecule has 1 aliphatic heterocycles. The zero-order chi connectivity index (χ0) is 12.4. The van der Waals surface area contributed by atoms with Crippen LogP contribution in [0.1, 0.15) is 52.4 Å². The van der Waals surface area contributed by atoms with Gasteiger partial charge in [0.2, 0.25) is 0 Å². The van der Waals surface area contributed by atoms with Gasteiger partial charge in [0.25, 0.3) is 0 Å². The third-order valence-electron chi connectivity index (χ3n) is 2.76. The van der Waals surface area contributed by atoms with E-state index >= 15 is 0 Å². The Morgan fingerprint density at radius 2 is 2.12 bits per heavy atom. The molecule has 0 aromatic heterocycles. The van der Waals surface area contributed by atoms with Crippen LogP contribution < -0.4 is 0 Å². The van der Waals surface area contributed by atoms with Crippen molar-refractivity contribution < 1.29 is 42.2 Å². The summed E-state index contributed by atoms with van der Waals surface area (Å²) < 4.78 is 4.40. The molecule has 0 N–H and O–H groups in total. The van der Waals surface area contributed by atoms with Crippen molar-refractivity contribution in [3.05, 3.63) is 14.0 Å². The van der Waals surface area contributed by atoms with E-state index in [4.69, 9.17) is 0 Å². The van der Waals surface area contributed by atoms with Gasteiger partial charge < -0.3 is 16.6 Å². The zero-order valence-electron chi connectivity index (χ0n) is 11.3. The molecule has 4 heteroatoms. The Labute approximate surface area is 132 Å². The van der Waals surface area contributed by atoms with Crippen molar-refractivity contribution in [3.63, 3.8) is 0 Å². The third-order valence-corrected chi connectivity index (χ3v) is 2.76. The number of piperidine rings is 1. The second-order valence-electron chi connectivity index (χ2n) is 4.16. The van der Waals surface area contributed by atoms with Crippen LogP contribution in [0, 0.1) is 14.0 Å². The molecule has 0 bridgehead atoms. The minimum atomic E-state index is -0.294. The quantitative estimate of drug-likeness (QED) is 0.725. The average molecular weight is 316 g/mol. The first-order chi connectivity index (χ1) is 7.67. The molecule has 1 heterocycles.